The average molecular weight is 428 g/mol. The van der Waals surface area contributed by atoms with Crippen molar-refractivity contribution in [3.8, 4) is 0 Å². The van der Waals surface area contributed by atoms with Gasteiger partial charge in [-0.25, -0.2) is 9.59 Å². The Morgan fingerprint density at radius 3 is 2.08 bits per heavy atom. The van der Waals surface area contributed by atoms with Gasteiger partial charge in [-0.2, -0.15) is 0 Å². The van der Waals surface area contributed by atoms with Crippen molar-refractivity contribution in [3.05, 3.63) is 28.7 Å². The zero-order chi connectivity index (χ0) is 19.9. The molecule has 0 aliphatic heterocycles. The summed E-state index contributed by atoms with van der Waals surface area (Å²) in [5, 5.41) is 17.0. The number of benzene rings is 1. The van der Waals surface area contributed by atoms with Gasteiger partial charge in [0, 0.05) is 10.2 Å². The van der Waals surface area contributed by atoms with Crippen LogP contribution in [0.25, 0.3) is 0 Å². The Balaban J connectivity index is 2.78. The number of nitrogens with one attached hydrogen (secondary N) is 3. The molecule has 144 valence electrons. The molecule has 3 amide bonds. The van der Waals surface area contributed by atoms with Gasteiger partial charge in [-0.15, -0.1) is 0 Å². The fourth-order valence-corrected chi connectivity index (χ4v) is 2.59. The van der Waals surface area contributed by atoms with Gasteiger partial charge in [0.15, 0.2) is 0 Å². The Morgan fingerprint density at radius 2 is 1.62 bits per heavy atom. The van der Waals surface area contributed by atoms with Gasteiger partial charge in [-0.3, -0.25) is 4.79 Å². The number of carbonyl (C=O) groups excluding carboxylic acids is 2. The number of hydrogen-bond acceptors (Lipinski definition) is 3. The topological polar surface area (TPSA) is 108 Å². The molecule has 0 heterocycles. The van der Waals surface area contributed by atoms with E-state index in [1.54, 1.807) is 38.1 Å². The number of hydrogen-bond donors (Lipinski definition) is 4. The molecule has 4 N–H and O–H groups in total. The lowest BCUT2D eigenvalue weighted by Crippen LogP contribution is -2.54. The second-order valence-electron chi connectivity index (χ2n) is 6.86. The SMILES string of the molecule is CC(C)C[C@H](NC(=O)Nc1ccc(Br)cc1)C(=O)NC(C(=O)O)C(C)C. The van der Waals surface area contributed by atoms with Crippen LogP contribution in [0.4, 0.5) is 10.5 Å². The highest BCUT2D eigenvalue weighted by Crippen LogP contribution is 2.14. The Hall–Kier alpha value is -2.09. The summed E-state index contributed by atoms with van der Waals surface area (Å²) >= 11 is 3.32. The molecule has 0 fully saturated rings. The van der Waals surface area contributed by atoms with Crippen LogP contribution in [0.3, 0.4) is 0 Å². The molecular formula is C18H26BrN3O4. The molecule has 1 aromatic carbocycles. The number of rotatable bonds is 8. The third kappa shape index (κ3) is 7.43. The number of carboxylic acids is 1. The number of aliphatic carboxylic acids is 1. The van der Waals surface area contributed by atoms with E-state index in [9.17, 15) is 19.5 Å². The van der Waals surface area contributed by atoms with Crippen LogP contribution in [0.2, 0.25) is 0 Å². The summed E-state index contributed by atoms with van der Waals surface area (Å²) in [6, 6.07) is 4.66. The summed E-state index contributed by atoms with van der Waals surface area (Å²) in [6.45, 7) is 7.27. The van der Waals surface area contributed by atoms with Crippen LogP contribution in [0, 0.1) is 11.8 Å². The number of amides is 3. The predicted octanol–water partition coefficient (Wildman–Crippen LogP) is 3.21. The number of halogens is 1. The molecule has 7 nitrogen and oxygen atoms in total. The first kappa shape index (κ1) is 22.0. The molecule has 0 spiro atoms. The number of carboxylic acid groups (broad SMARTS) is 1. The van der Waals surface area contributed by atoms with Gasteiger partial charge in [0.2, 0.25) is 5.91 Å². The molecule has 0 saturated carbocycles. The molecule has 8 heteroatoms. The van der Waals surface area contributed by atoms with E-state index < -0.39 is 30.0 Å². The first-order valence-electron chi connectivity index (χ1n) is 8.46. The predicted molar refractivity (Wildman–Crippen MR) is 104 cm³/mol. The zero-order valence-corrected chi connectivity index (χ0v) is 17.0. The van der Waals surface area contributed by atoms with Crippen LogP contribution in [0.1, 0.15) is 34.1 Å². The van der Waals surface area contributed by atoms with Crippen LogP contribution in [0.5, 0.6) is 0 Å². The second-order valence-corrected chi connectivity index (χ2v) is 7.77. The highest BCUT2D eigenvalue weighted by Gasteiger charge is 2.28. The van der Waals surface area contributed by atoms with E-state index in [4.69, 9.17) is 0 Å². The minimum Gasteiger partial charge on any atom is -0.480 e. The first-order chi connectivity index (χ1) is 12.1. The first-order valence-corrected chi connectivity index (χ1v) is 9.25. The van der Waals surface area contributed by atoms with E-state index >= 15 is 0 Å². The van der Waals surface area contributed by atoms with E-state index in [-0.39, 0.29) is 11.8 Å². The van der Waals surface area contributed by atoms with Crippen LogP contribution in [0.15, 0.2) is 28.7 Å². The van der Waals surface area contributed by atoms with E-state index in [1.807, 2.05) is 13.8 Å². The Bertz CT molecular complexity index is 632. The summed E-state index contributed by atoms with van der Waals surface area (Å²) < 4.78 is 0.883. The second kappa shape index (κ2) is 10.2. The smallest absolute Gasteiger partial charge is 0.326 e. The lowest BCUT2D eigenvalue weighted by molar-refractivity contribution is -0.143. The van der Waals surface area contributed by atoms with Gasteiger partial charge in [0.05, 0.1) is 0 Å². The number of anilines is 1. The molecule has 0 radical (unpaired) electrons. The summed E-state index contributed by atoms with van der Waals surface area (Å²) in [5.74, 6) is -1.74. The molecule has 26 heavy (non-hydrogen) atoms. The lowest BCUT2D eigenvalue weighted by atomic mass is 10.0. The Morgan fingerprint density at radius 1 is 1.04 bits per heavy atom. The Labute approximate surface area is 162 Å². The third-order valence-electron chi connectivity index (χ3n) is 3.66. The van der Waals surface area contributed by atoms with Gasteiger partial charge in [0.25, 0.3) is 0 Å². The van der Waals surface area contributed by atoms with Crippen molar-refractivity contribution >= 4 is 39.5 Å². The fraction of sp³-hybridized carbons (Fsp3) is 0.500. The standard InChI is InChI=1S/C18H26BrN3O4/c1-10(2)9-14(16(23)22-15(11(3)4)17(24)25)21-18(26)20-13-7-5-12(19)6-8-13/h5-8,10-11,14-15H,9H2,1-4H3,(H,22,23)(H,24,25)(H2,20,21,26)/t14-,15?/m0/s1. The van der Waals surface area contributed by atoms with Crippen LogP contribution >= 0.6 is 15.9 Å². The van der Waals surface area contributed by atoms with Gasteiger partial charge < -0.3 is 21.1 Å². The van der Waals surface area contributed by atoms with Crippen molar-refractivity contribution in [1.82, 2.24) is 10.6 Å². The molecule has 2 atom stereocenters. The van der Waals surface area contributed by atoms with Crippen molar-refractivity contribution < 1.29 is 19.5 Å². The summed E-state index contributed by atoms with van der Waals surface area (Å²) in [6.07, 6.45) is 0.393. The molecule has 0 aliphatic carbocycles. The summed E-state index contributed by atoms with van der Waals surface area (Å²) in [5.41, 5.74) is 0.583. The highest BCUT2D eigenvalue weighted by molar-refractivity contribution is 9.10. The van der Waals surface area contributed by atoms with Crippen molar-refractivity contribution in [3.63, 3.8) is 0 Å². The van der Waals surface area contributed by atoms with Gasteiger partial charge >= 0.3 is 12.0 Å². The molecule has 0 bridgehead atoms. The van der Waals surface area contributed by atoms with Crippen molar-refractivity contribution in [2.75, 3.05) is 5.32 Å². The monoisotopic (exact) mass is 427 g/mol. The lowest BCUT2D eigenvalue weighted by Gasteiger charge is -2.24. The normalized spacial score (nSPS) is 13.2. The molecule has 1 unspecified atom stereocenters. The van der Waals surface area contributed by atoms with E-state index in [0.717, 1.165) is 4.47 Å². The van der Waals surface area contributed by atoms with Crippen LogP contribution in [-0.4, -0.2) is 35.1 Å². The maximum Gasteiger partial charge on any atom is 0.326 e. The largest absolute Gasteiger partial charge is 0.480 e. The quantitative estimate of drug-likeness (QED) is 0.510. The van der Waals surface area contributed by atoms with Gasteiger partial charge in [-0.1, -0.05) is 43.6 Å². The van der Waals surface area contributed by atoms with Gasteiger partial charge in [-0.05, 0) is 42.5 Å². The van der Waals surface area contributed by atoms with E-state index in [2.05, 4.69) is 31.9 Å². The third-order valence-corrected chi connectivity index (χ3v) is 4.19. The molecule has 1 rings (SSSR count). The minimum atomic E-state index is -1.10. The zero-order valence-electron chi connectivity index (χ0n) is 15.4. The van der Waals surface area contributed by atoms with Crippen molar-refractivity contribution in [1.29, 1.82) is 0 Å². The van der Waals surface area contributed by atoms with Crippen molar-refractivity contribution in [2.45, 2.75) is 46.2 Å². The van der Waals surface area contributed by atoms with E-state index in [1.165, 1.54) is 0 Å². The minimum absolute atomic E-state index is 0.140. The van der Waals surface area contributed by atoms with Crippen LogP contribution in [-0.2, 0) is 9.59 Å². The summed E-state index contributed by atoms with van der Waals surface area (Å²) in [4.78, 5) is 36.0. The number of carbonyl (C=O) groups is 3. The molecule has 1 aromatic rings. The van der Waals surface area contributed by atoms with Crippen molar-refractivity contribution in [2.24, 2.45) is 11.8 Å². The fourth-order valence-electron chi connectivity index (χ4n) is 2.33. The van der Waals surface area contributed by atoms with E-state index in [0.29, 0.717) is 12.1 Å². The maximum atomic E-state index is 12.5. The molecule has 0 saturated heterocycles. The highest BCUT2D eigenvalue weighted by atomic mass is 79.9. The maximum absolute atomic E-state index is 12.5. The molecular weight excluding hydrogens is 402 g/mol. The Kier molecular flexibility index (Phi) is 8.57. The average Bonchev–Trinajstić information content (AvgIpc) is 2.52. The molecule has 0 aliphatic rings. The van der Waals surface area contributed by atoms with Crippen LogP contribution < -0.4 is 16.0 Å². The number of urea groups is 1. The van der Waals surface area contributed by atoms with Gasteiger partial charge in [0.1, 0.15) is 12.1 Å². The molecule has 0 aromatic heterocycles. The summed E-state index contributed by atoms with van der Waals surface area (Å²) in [7, 11) is 0.